The molecule has 0 saturated heterocycles. The highest BCUT2D eigenvalue weighted by Gasteiger charge is 2.71. The molecular weight excluding hydrogens is 244 g/mol. The topological polar surface area (TPSA) is 52.6 Å². The molecule has 19 heavy (non-hydrogen) atoms. The number of rotatable bonds is 5. The Bertz CT molecular complexity index is 408. The van der Waals surface area contributed by atoms with Crippen LogP contribution in [0.25, 0.3) is 0 Å². The first-order chi connectivity index (χ1) is 8.93. The van der Waals surface area contributed by atoms with Gasteiger partial charge in [-0.05, 0) is 51.4 Å². The summed E-state index contributed by atoms with van der Waals surface area (Å²) in [5, 5.41) is 0. The van der Waals surface area contributed by atoms with E-state index in [0.717, 1.165) is 12.0 Å². The van der Waals surface area contributed by atoms with Crippen molar-refractivity contribution in [2.75, 3.05) is 13.2 Å². The van der Waals surface area contributed by atoms with Gasteiger partial charge >= 0.3 is 11.9 Å². The molecule has 2 aliphatic rings. The normalized spacial score (nSPS) is 30.4. The Kier molecular flexibility index (Phi) is 3.45. The number of carbonyl (C=O) groups excluding carboxylic acids is 2. The van der Waals surface area contributed by atoms with E-state index in [1.54, 1.807) is 13.8 Å². The molecule has 2 fully saturated rings. The molecule has 0 spiro atoms. The Labute approximate surface area is 114 Å². The van der Waals surface area contributed by atoms with E-state index in [0.29, 0.717) is 18.8 Å². The van der Waals surface area contributed by atoms with Crippen molar-refractivity contribution in [2.45, 2.75) is 40.0 Å². The lowest BCUT2D eigenvalue weighted by molar-refractivity contribution is -0.172. The van der Waals surface area contributed by atoms with Gasteiger partial charge < -0.3 is 9.47 Å². The van der Waals surface area contributed by atoms with E-state index >= 15 is 0 Å². The Morgan fingerprint density at radius 1 is 1.16 bits per heavy atom. The minimum absolute atomic E-state index is 0.0421. The van der Waals surface area contributed by atoms with Crippen LogP contribution in [-0.2, 0) is 19.1 Å². The van der Waals surface area contributed by atoms with E-state index in [2.05, 4.69) is 6.58 Å². The molecule has 2 saturated carbocycles. The molecule has 106 valence electrons. The lowest BCUT2D eigenvalue weighted by Crippen LogP contribution is -2.41. The van der Waals surface area contributed by atoms with Crippen LogP contribution in [0, 0.1) is 16.7 Å². The Morgan fingerprint density at radius 2 is 1.68 bits per heavy atom. The molecule has 2 atom stereocenters. The summed E-state index contributed by atoms with van der Waals surface area (Å²) in [6.45, 7) is 10.1. The van der Waals surface area contributed by atoms with Gasteiger partial charge in [-0.1, -0.05) is 12.2 Å². The molecule has 0 amide bonds. The van der Waals surface area contributed by atoms with Crippen LogP contribution in [0.5, 0.6) is 0 Å². The molecular formula is C15H22O4. The number of carbonyl (C=O) groups is 2. The Morgan fingerprint density at radius 3 is 2.05 bits per heavy atom. The van der Waals surface area contributed by atoms with Gasteiger partial charge in [-0.3, -0.25) is 9.59 Å². The lowest BCUT2D eigenvalue weighted by Gasteiger charge is -2.27. The van der Waals surface area contributed by atoms with Crippen LogP contribution in [0.1, 0.15) is 40.0 Å². The van der Waals surface area contributed by atoms with Crippen LogP contribution < -0.4 is 0 Å². The molecule has 0 N–H and O–H groups in total. The monoisotopic (exact) mass is 266 g/mol. The maximum Gasteiger partial charge on any atom is 0.323 e. The van der Waals surface area contributed by atoms with Crippen LogP contribution in [0.2, 0.25) is 0 Å². The number of hydrogen-bond acceptors (Lipinski definition) is 4. The predicted molar refractivity (Wildman–Crippen MR) is 70.3 cm³/mol. The van der Waals surface area contributed by atoms with E-state index in [1.165, 1.54) is 0 Å². The molecule has 0 heterocycles. The number of ether oxygens (including phenoxy) is 2. The zero-order chi connectivity index (χ0) is 14.3. The molecule has 0 aromatic rings. The van der Waals surface area contributed by atoms with Gasteiger partial charge in [0.2, 0.25) is 0 Å². The second-order valence-corrected chi connectivity index (χ2v) is 5.74. The van der Waals surface area contributed by atoms with E-state index in [4.69, 9.17) is 9.47 Å². The molecule has 2 unspecified atom stereocenters. The highest BCUT2D eigenvalue weighted by Crippen LogP contribution is 2.72. The predicted octanol–water partition coefficient (Wildman–Crippen LogP) is 2.48. The molecule has 0 bridgehead atoms. The van der Waals surface area contributed by atoms with Crippen molar-refractivity contribution < 1.29 is 19.1 Å². The minimum Gasteiger partial charge on any atom is -0.465 e. The number of hydrogen-bond donors (Lipinski definition) is 0. The summed E-state index contributed by atoms with van der Waals surface area (Å²) in [6, 6.07) is 0. The molecule has 0 aliphatic heterocycles. The molecule has 2 aliphatic carbocycles. The van der Waals surface area contributed by atoms with Crippen molar-refractivity contribution >= 4 is 11.9 Å². The zero-order valence-corrected chi connectivity index (χ0v) is 12.0. The summed E-state index contributed by atoms with van der Waals surface area (Å²) in [6.07, 6.45) is 2.07. The van der Waals surface area contributed by atoms with Crippen molar-refractivity contribution in [3.63, 3.8) is 0 Å². The molecule has 0 aromatic heterocycles. The average molecular weight is 266 g/mol. The summed E-state index contributed by atoms with van der Waals surface area (Å²) < 4.78 is 10.2. The summed E-state index contributed by atoms with van der Waals surface area (Å²) in [7, 11) is 0. The van der Waals surface area contributed by atoms with Crippen molar-refractivity contribution in [3.8, 4) is 0 Å². The van der Waals surface area contributed by atoms with Gasteiger partial charge in [0.05, 0.1) is 13.2 Å². The third-order valence-corrected chi connectivity index (χ3v) is 4.63. The SMILES string of the molecule is C=C(C)C12CC1CC(C(=O)OCC)(C(=O)OCC)C2. The molecule has 2 rings (SSSR count). The largest absolute Gasteiger partial charge is 0.465 e. The van der Waals surface area contributed by atoms with Gasteiger partial charge in [0.15, 0.2) is 5.41 Å². The average Bonchev–Trinajstić information content (AvgIpc) is 2.93. The van der Waals surface area contributed by atoms with Crippen LogP contribution >= 0.6 is 0 Å². The lowest BCUT2D eigenvalue weighted by atomic mass is 9.79. The molecule has 0 radical (unpaired) electrons. The van der Waals surface area contributed by atoms with Gasteiger partial charge in [-0.25, -0.2) is 0 Å². The third kappa shape index (κ3) is 1.97. The van der Waals surface area contributed by atoms with Gasteiger partial charge in [0.1, 0.15) is 0 Å². The molecule has 4 heteroatoms. The van der Waals surface area contributed by atoms with E-state index < -0.39 is 17.4 Å². The minimum atomic E-state index is -1.10. The van der Waals surface area contributed by atoms with Crippen LogP contribution in [-0.4, -0.2) is 25.2 Å². The summed E-state index contributed by atoms with van der Waals surface area (Å²) in [4.78, 5) is 24.5. The number of esters is 2. The summed E-state index contributed by atoms with van der Waals surface area (Å²) in [5.74, 6) is -0.485. The molecule has 4 nitrogen and oxygen atoms in total. The van der Waals surface area contributed by atoms with Gasteiger partial charge in [0.25, 0.3) is 0 Å². The van der Waals surface area contributed by atoms with Crippen molar-refractivity contribution in [1.82, 2.24) is 0 Å². The first-order valence-corrected chi connectivity index (χ1v) is 6.93. The molecule has 0 aromatic carbocycles. The second-order valence-electron chi connectivity index (χ2n) is 5.74. The van der Waals surface area contributed by atoms with Gasteiger partial charge in [0, 0.05) is 0 Å². The zero-order valence-electron chi connectivity index (χ0n) is 12.0. The second kappa shape index (κ2) is 4.66. The summed E-state index contributed by atoms with van der Waals surface area (Å²) >= 11 is 0. The smallest absolute Gasteiger partial charge is 0.323 e. The van der Waals surface area contributed by atoms with Gasteiger partial charge in [-0.15, -0.1) is 0 Å². The van der Waals surface area contributed by atoms with E-state index in [-0.39, 0.29) is 18.6 Å². The quantitative estimate of drug-likeness (QED) is 0.436. The first kappa shape index (κ1) is 14.1. The maximum atomic E-state index is 12.3. The third-order valence-electron chi connectivity index (χ3n) is 4.63. The first-order valence-electron chi connectivity index (χ1n) is 6.93. The fourth-order valence-electron chi connectivity index (χ4n) is 3.50. The summed E-state index contributed by atoms with van der Waals surface area (Å²) in [5.41, 5.74) is -0.0825. The highest BCUT2D eigenvalue weighted by molar-refractivity contribution is 6.01. The fourth-order valence-corrected chi connectivity index (χ4v) is 3.50. The fraction of sp³-hybridized carbons (Fsp3) is 0.733. The number of allylic oxidation sites excluding steroid dienone is 1. The van der Waals surface area contributed by atoms with Gasteiger partial charge in [-0.2, -0.15) is 0 Å². The van der Waals surface area contributed by atoms with Crippen molar-refractivity contribution in [1.29, 1.82) is 0 Å². The van der Waals surface area contributed by atoms with Crippen molar-refractivity contribution in [3.05, 3.63) is 12.2 Å². The van der Waals surface area contributed by atoms with Crippen LogP contribution in [0.15, 0.2) is 12.2 Å². The van der Waals surface area contributed by atoms with Crippen LogP contribution in [0.3, 0.4) is 0 Å². The Balaban J connectivity index is 2.26. The highest BCUT2D eigenvalue weighted by atomic mass is 16.6. The number of fused-ring (bicyclic) bond motifs is 1. The van der Waals surface area contributed by atoms with E-state index in [1.807, 2.05) is 6.92 Å². The van der Waals surface area contributed by atoms with E-state index in [9.17, 15) is 9.59 Å². The Hall–Kier alpha value is -1.32. The standard InChI is InChI=1S/C15H22O4/c1-5-18-12(16)15(13(17)19-6-2)8-11-7-14(11,9-15)10(3)4/h11H,3,5-9H2,1-2,4H3. The maximum absolute atomic E-state index is 12.3. The van der Waals surface area contributed by atoms with Crippen LogP contribution in [0.4, 0.5) is 0 Å². The van der Waals surface area contributed by atoms with Crippen molar-refractivity contribution in [2.24, 2.45) is 16.7 Å².